The van der Waals surface area contributed by atoms with Crippen LogP contribution in [0.3, 0.4) is 0 Å². The van der Waals surface area contributed by atoms with E-state index in [0.29, 0.717) is 23.0 Å². The minimum Gasteiger partial charge on any atom is -0.300 e. The Morgan fingerprint density at radius 1 is 1.42 bits per heavy atom. The van der Waals surface area contributed by atoms with Gasteiger partial charge < -0.3 is 0 Å². The summed E-state index contributed by atoms with van der Waals surface area (Å²) < 4.78 is 0. The van der Waals surface area contributed by atoms with Gasteiger partial charge in [-0.15, -0.1) is 0 Å². The van der Waals surface area contributed by atoms with Gasteiger partial charge in [0.25, 0.3) is 0 Å². The van der Waals surface area contributed by atoms with Gasteiger partial charge in [-0.2, -0.15) is 0 Å². The van der Waals surface area contributed by atoms with E-state index in [1.807, 2.05) is 0 Å². The Hall–Kier alpha value is -0.330. The van der Waals surface area contributed by atoms with Crippen LogP contribution in [0.15, 0.2) is 0 Å². The Balaban J connectivity index is 2.73. The van der Waals surface area contributed by atoms with Crippen molar-refractivity contribution in [3.8, 4) is 0 Å². The molecule has 12 heavy (non-hydrogen) atoms. The van der Waals surface area contributed by atoms with Crippen molar-refractivity contribution in [2.45, 2.75) is 47.0 Å². The maximum atomic E-state index is 11.3. The molecule has 0 N–H and O–H groups in total. The predicted molar refractivity (Wildman–Crippen MR) is 51.0 cm³/mol. The van der Waals surface area contributed by atoms with Crippen LogP contribution in [0.4, 0.5) is 0 Å². The molecule has 2 unspecified atom stereocenters. The van der Waals surface area contributed by atoms with E-state index in [2.05, 4.69) is 20.8 Å². The minimum atomic E-state index is 0.328. The van der Waals surface area contributed by atoms with Crippen LogP contribution in [-0.2, 0) is 4.79 Å². The molecule has 0 saturated heterocycles. The maximum absolute atomic E-state index is 11.3. The molecule has 0 radical (unpaired) electrons. The number of carbonyl (C=O) groups excluding carboxylic acids is 1. The van der Waals surface area contributed by atoms with Gasteiger partial charge in [-0.1, -0.05) is 27.2 Å². The van der Waals surface area contributed by atoms with E-state index < -0.39 is 0 Å². The van der Waals surface area contributed by atoms with Crippen molar-refractivity contribution in [1.29, 1.82) is 0 Å². The summed E-state index contributed by atoms with van der Waals surface area (Å²) in [5.74, 6) is 1.27. The summed E-state index contributed by atoms with van der Waals surface area (Å²) in [5, 5.41) is 0. The molecule has 0 spiro atoms. The lowest BCUT2D eigenvalue weighted by atomic mass is 9.63. The summed E-state index contributed by atoms with van der Waals surface area (Å²) >= 11 is 0. The Kier molecular flexibility index (Phi) is 2.60. The predicted octanol–water partition coefficient (Wildman–Crippen LogP) is 3.04. The van der Waals surface area contributed by atoms with Crippen LogP contribution in [0, 0.1) is 17.3 Å². The fraction of sp³-hybridized carbons (Fsp3) is 0.909. The molecule has 1 saturated carbocycles. The third-order valence-electron chi connectivity index (χ3n) is 3.69. The molecule has 0 aromatic carbocycles. The monoisotopic (exact) mass is 168 g/mol. The van der Waals surface area contributed by atoms with Gasteiger partial charge in [0, 0.05) is 5.92 Å². The first-order valence-electron chi connectivity index (χ1n) is 4.95. The summed E-state index contributed by atoms with van der Waals surface area (Å²) in [6, 6.07) is 0. The smallest absolute Gasteiger partial charge is 0.133 e. The highest BCUT2D eigenvalue weighted by molar-refractivity contribution is 5.78. The fourth-order valence-electron chi connectivity index (χ4n) is 2.36. The molecule has 0 aromatic heterocycles. The van der Waals surface area contributed by atoms with Crippen molar-refractivity contribution in [2.75, 3.05) is 0 Å². The van der Waals surface area contributed by atoms with E-state index in [1.54, 1.807) is 6.92 Å². The number of hydrogen-bond acceptors (Lipinski definition) is 1. The zero-order valence-corrected chi connectivity index (χ0v) is 8.68. The maximum Gasteiger partial charge on any atom is 0.133 e. The van der Waals surface area contributed by atoms with E-state index in [1.165, 1.54) is 12.8 Å². The Morgan fingerprint density at radius 3 is 2.42 bits per heavy atom. The zero-order chi connectivity index (χ0) is 9.35. The molecule has 0 aliphatic heterocycles. The molecule has 70 valence electrons. The molecule has 1 fully saturated rings. The molecular weight excluding hydrogens is 148 g/mol. The molecule has 0 amide bonds. The highest BCUT2D eigenvalue weighted by Gasteiger charge is 2.37. The number of Topliss-reactive ketones (excluding diaryl/α,β-unsaturated/α-hetero) is 1. The first-order valence-corrected chi connectivity index (χ1v) is 4.95. The van der Waals surface area contributed by atoms with Gasteiger partial charge in [-0.05, 0) is 31.1 Å². The molecule has 2 atom stereocenters. The second-order valence-corrected chi connectivity index (χ2v) is 4.89. The number of rotatable bonds is 1. The first-order chi connectivity index (χ1) is 5.45. The van der Waals surface area contributed by atoms with Gasteiger partial charge in [0.1, 0.15) is 5.78 Å². The summed E-state index contributed by atoms with van der Waals surface area (Å²) in [4.78, 5) is 11.3. The van der Waals surface area contributed by atoms with Gasteiger partial charge >= 0.3 is 0 Å². The van der Waals surface area contributed by atoms with Crippen LogP contribution in [0.5, 0.6) is 0 Å². The average Bonchev–Trinajstić information content (AvgIpc) is 1.94. The number of carbonyl (C=O) groups is 1. The van der Waals surface area contributed by atoms with Gasteiger partial charge in [0.05, 0.1) is 0 Å². The first kappa shape index (κ1) is 9.76. The molecule has 0 aromatic rings. The lowest BCUT2D eigenvalue weighted by Gasteiger charge is -2.41. The normalized spacial score (nSPS) is 34.7. The number of ketones is 1. The Morgan fingerprint density at radius 2 is 2.00 bits per heavy atom. The van der Waals surface area contributed by atoms with Crippen LogP contribution in [0.25, 0.3) is 0 Å². The SMILES string of the molecule is CC(=O)C1CCCC(C)(C)C1C. The highest BCUT2D eigenvalue weighted by Crippen LogP contribution is 2.43. The van der Waals surface area contributed by atoms with E-state index in [9.17, 15) is 4.79 Å². The van der Waals surface area contributed by atoms with Crippen LogP contribution < -0.4 is 0 Å². The highest BCUT2D eigenvalue weighted by atomic mass is 16.1. The van der Waals surface area contributed by atoms with E-state index in [-0.39, 0.29) is 0 Å². The lowest BCUT2D eigenvalue weighted by Crippen LogP contribution is -2.36. The third-order valence-corrected chi connectivity index (χ3v) is 3.69. The zero-order valence-electron chi connectivity index (χ0n) is 8.68. The summed E-state index contributed by atoms with van der Waals surface area (Å²) in [7, 11) is 0. The van der Waals surface area contributed by atoms with E-state index in [0.717, 1.165) is 6.42 Å². The van der Waals surface area contributed by atoms with Crippen LogP contribution >= 0.6 is 0 Å². The van der Waals surface area contributed by atoms with Gasteiger partial charge in [0.15, 0.2) is 0 Å². The summed E-state index contributed by atoms with van der Waals surface area (Å²) in [5.41, 5.74) is 0.370. The topological polar surface area (TPSA) is 17.1 Å². The second-order valence-electron chi connectivity index (χ2n) is 4.89. The summed E-state index contributed by atoms with van der Waals surface area (Å²) in [6.07, 6.45) is 3.61. The lowest BCUT2D eigenvalue weighted by molar-refractivity contribution is -0.125. The Bertz CT molecular complexity index is 181. The van der Waals surface area contributed by atoms with Crippen molar-refractivity contribution < 1.29 is 4.79 Å². The molecule has 0 bridgehead atoms. The molecule has 1 aliphatic carbocycles. The second kappa shape index (κ2) is 3.20. The summed E-state index contributed by atoms with van der Waals surface area (Å²) in [6.45, 7) is 8.54. The fourth-order valence-corrected chi connectivity index (χ4v) is 2.36. The van der Waals surface area contributed by atoms with Crippen molar-refractivity contribution in [3.63, 3.8) is 0 Å². The Labute approximate surface area is 75.5 Å². The van der Waals surface area contributed by atoms with Crippen molar-refractivity contribution in [2.24, 2.45) is 17.3 Å². The number of hydrogen-bond donors (Lipinski definition) is 0. The van der Waals surface area contributed by atoms with Gasteiger partial charge in [0.2, 0.25) is 0 Å². The van der Waals surface area contributed by atoms with Crippen LogP contribution in [-0.4, -0.2) is 5.78 Å². The average molecular weight is 168 g/mol. The van der Waals surface area contributed by atoms with Crippen LogP contribution in [0.2, 0.25) is 0 Å². The largest absolute Gasteiger partial charge is 0.300 e. The minimum absolute atomic E-state index is 0.328. The molecule has 1 rings (SSSR count). The molecule has 1 heteroatoms. The van der Waals surface area contributed by atoms with Crippen LogP contribution in [0.1, 0.15) is 47.0 Å². The molecular formula is C11H20O. The van der Waals surface area contributed by atoms with Crippen molar-refractivity contribution in [3.05, 3.63) is 0 Å². The third kappa shape index (κ3) is 1.70. The molecule has 0 heterocycles. The van der Waals surface area contributed by atoms with Gasteiger partial charge in [-0.25, -0.2) is 0 Å². The van der Waals surface area contributed by atoms with E-state index >= 15 is 0 Å². The molecule has 1 nitrogen and oxygen atoms in total. The van der Waals surface area contributed by atoms with E-state index in [4.69, 9.17) is 0 Å². The molecule has 1 aliphatic rings. The standard InChI is InChI=1S/C11H20O/c1-8-10(9(2)12)6-5-7-11(8,3)4/h8,10H,5-7H2,1-4H3. The quantitative estimate of drug-likeness (QED) is 0.588. The van der Waals surface area contributed by atoms with Crippen molar-refractivity contribution >= 4 is 5.78 Å². The van der Waals surface area contributed by atoms with Gasteiger partial charge in [-0.3, -0.25) is 4.79 Å². The van der Waals surface area contributed by atoms with Crippen molar-refractivity contribution in [1.82, 2.24) is 0 Å².